The van der Waals surface area contributed by atoms with Crippen molar-refractivity contribution in [2.75, 3.05) is 19.8 Å². The smallest absolute Gasteiger partial charge is 0.312 e. The Hall–Kier alpha value is -2.19. The largest absolute Gasteiger partial charge is 0.465 e. The number of rotatable bonds is 3. The molecule has 6 atom stereocenters. The van der Waals surface area contributed by atoms with Crippen LogP contribution in [0.25, 0.3) is 0 Å². The molecule has 170 valence electrons. The van der Waals surface area contributed by atoms with Gasteiger partial charge in [-0.15, -0.1) is 0 Å². The van der Waals surface area contributed by atoms with E-state index in [1.54, 1.807) is 17.9 Å². The van der Waals surface area contributed by atoms with Crippen LogP contribution >= 0.6 is 0 Å². The average molecular weight is 433 g/mol. The van der Waals surface area contributed by atoms with Gasteiger partial charge in [0.2, 0.25) is 11.8 Å². The maximum absolute atomic E-state index is 13.7. The van der Waals surface area contributed by atoms with E-state index in [1.165, 1.54) is 4.90 Å². The van der Waals surface area contributed by atoms with E-state index in [9.17, 15) is 19.5 Å². The summed E-state index contributed by atoms with van der Waals surface area (Å²) in [5, 5.41) is 9.85. The average Bonchev–Trinajstić information content (AvgIpc) is 3.13. The molecule has 1 N–H and O–H groups in total. The highest BCUT2D eigenvalue weighted by atomic mass is 16.6. The maximum atomic E-state index is 13.7. The molecule has 4 aliphatic rings. The van der Waals surface area contributed by atoms with Crippen LogP contribution in [0.1, 0.15) is 40.0 Å². The van der Waals surface area contributed by atoms with Crippen molar-refractivity contribution in [3.8, 4) is 0 Å². The Morgan fingerprint density at radius 3 is 2.65 bits per heavy atom. The number of cyclic esters (lactones) is 1. The van der Waals surface area contributed by atoms with Gasteiger partial charge in [-0.05, 0) is 40.0 Å². The summed E-state index contributed by atoms with van der Waals surface area (Å²) < 4.78 is 12.0. The van der Waals surface area contributed by atoms with Crippen LogP contribution in [0, 0.1) is 11.8 Å². The molecule has 2 amide bonds. The van der Waals surface area contributed by atoms with E-state index in [0.717, 1.165) is 19.3 Å². The van der Waals surface area contributed by atoms with Gasteiger partial charge in [0, 0.05) is 12.6 Å². The summed E-state index contributed by atoms with van der Waals surface area (Å²) in [6.45, 7) is 5.97. The lowest BCUT2D eigenvalue weighted by atomic mass is 9.78. The Kier molecular flexibility index (Phi) is 5.96. The first-order valence-electron chi connectivity index (χ1n) is 11.3. The van der Waals surface area contributed by atoms with Crippen LogP contribution in [0.2, 0.25) is 0 Å². The molecule has 2 fully saturated rings. The third-order valence-corrected chi connectivity index (χ3v) is 6.93. The fourth-order valence-electron chi connectivity index (χ4n) is 5.40. The monoisotopic (exact) mass is 432 g/mol. The molecule has 0 radical (unpaired) electrons. The fourth-order valence-corrected chi connectivity index (χ4v) is 5.40. The van der Waals surface area contributed by atoms with Crippen LogP contribution in [0.4, 0.5) is 0 Å². The van der Waals surface area contributed by atoms with E-state index < -0.39 is 41.6 Å². The maximum Gasteiger partial charge on any atom is 0.312 e. The Morgan fingerprint density at radius 2 is 1.94 bits per heavy atom. The first-order chi connectivity index (χ1) is 14.8. The molecular formula is C23H32N2O6. The van der Waals surface area contributed by atoms with Crippen molar-refractivity contribution in [1.82, 2.24) is 9.80 Å². The van der Waals surface area contributed by atoms with Crippen molar-refractivity contribution < 1.29 is 29.0 Å². The van der Waals surface area contributed by atoms with Crippen LogP contribution in [0.15, 0.2) is 24.3 Å². The highest BCUT2D eigenvalue weighted by Gasteiger charge is 2.72. The molecule has 8 nitrogen and oxygen atoms in total. The number of amides is 2. The van der Waals surface area contributed by atoms with Gasteiger partial charge in [0.25, 0.3) is 0 Å². The topological polar surface area (TPSA) is 96.4 Å². The third-order valence-electron chi connectivity index (χ3n) is 6.93. The number of hydrogen-bond donors (Lipinski definition) is 1. The van der Waals surface area contributed by atoms with Crippen LogP contribution in [0.3, 0.4) is 0 Å². The molecule has 4 heterocycles. The summed E-state index contributed by atoms with van der Waals surface area (Å²) >= 11 is 0. The van der Waals surface area contributed by atoms with Gasteiger partial charge in [-0.25, -0.2) is 0 Å². The van der Waals surface area contributed by atoms with Crippen molar-refractivity contribution in [3.05, 3.63) is 24.3 Å². The Morgan fingerprint density at radius 1 is 1.16 bits per heavy atom. The molecule has 2 saturated heterocycles. The number of carbonyl (C=O) groups excluding carboxylic acids is 3. The van der Waals surface area contributed by atoms with E-state index in [1.807, 2.05) is 32.1 Å². The number of aliphatic hydroxyl groups is 1. The van der Waals surface area contributed by atoms with Crippen molar-refractivity contribution in [1.29, 1.82) is 0 Å². The summed E-state index contributed by atoms with van der Waals surface area (Å²) in [7, 11) is 0. The number of ether oxygens (including phenoxy) is 2. The number of allylic oxidation sites excluding steroid dienone is 1. The van der Waals surface area contributed by atoms with Gasteiger partial charge < -0.3 is 24.4 Å². The molecule has 1 unspecified atom stereocenters. The number of hydrogen-bond acceptors (Lipinski definition) is 6. The number of likely N-dealkylation sites (tertiary alicyclic amines) is 1. The molecule has 4 rings (SSSR count). The third kappa shape index (κ3) is 3.40. The second kappa shape index (κ2) is 8.39. The molecule has 0 saturated carbocycles. The summed E-state index contributed by atoms with van der Waals surface area (Å²) in [5.41, 5.74) is -1.27. The Balaban J connectivity index is 1.84. The molecule has 4 aliphatic heterocycles. The second-order valence-corrected chi connectivity index (χ2v) is 9.20. The van der Waals surface area contributed by atoms with E-state index in [0.29, 0.717) is 13.2 Å². The van der Waals surface area contributed by atoms with Crippen molar-refractivity contribution >= 4 is 17.8 Å². The van der Waals surface area contributed by atoms with E-state index in [-0.39, 0.29) is 24.5 Å². The van der Waals surface area contributed by atoms with E-state index >= 15 is 0 Å². The zero-order chi connectivity index (χ0) is 22.3. The van der Waals surface area contributed by atoms with Gasteiger partial charge in [0.05, 0.1) is 31.3 Å². The molecule has 0 aromatic rings. The number of carbonyl (C=O) groups is 3. The van der Waals surface area contributed by atoms with Crippen LogP contribution in [-0.4, -0.2) is 82.3 Å². The Bertz CT molecular complexity index is 808. The van der Waals surface area contributed by atoms with Gasteiger partial charge >= 0.3 is 5.97 Å². The lowest BCUT2D eigenvalue weighted by Gasteiger charge is -2.38. The van der Waals surface area contributed by atoms with Gasteiger partial charge in [0.15, 0.2) is 0 Å². The number of esters is 1. The van der Waals surface area contributed by atoms with Crippen molar-refractivity contribution in [2.24, 2.45) is 11.8 Å². The first kappa shape index (κ1) is 22.0. The quantitative estimate of drug-likeness (QED) is 0.529. The minimum absolute atomic E-state index is 0.0697. The molecule has 0 aromatic heterocycles. The molecule has 0 aliphatic carbocycles. The second-order valence-electron chi connectivity index (χ2n) is 9.20. The zero-order valence-corrected chi connectivity index (χ0v) is 18.4. The molecule has 1 spiro atoms. The highest BCUT2D eigenvalue weighted by Crippen LogP contribution is 2.53. The number of fused-ring (bicyclic) bond motifs is 2. The van der Waals surface area contributed by atoms with Gasteiger partial charge in [-0.2, -0.15) is 0 Å². The predicted octanol–water partition coefficient (Wildman–Crippen LogP) is 1.04. The van der Waals surface area contributed by atoms with Gasteiger partial charge in [-0.1, -0.05) is 24.3 Å². The van der Waals surface area contributed by atoms with E-state index in [4.69, 9.17) is 9.47 Å². The summed E-state index contributed by atoms with van der Waals surface area (Å²) in [6, 6.07) is -1.59. The van der Waals surface area contributed by atoms with Gasteiger partial charge in [0.1, 0.15) is 17.6 Å². The molecular weight excluding hydrogens is 400 g/mol. The van der Waals surface area contributed by atoms with E-state index in [2.05, 4.69) is 0 Å². The van der Waals surface area contributed by atoms with Crippen molar-refractivity contribution in [2.45, 2.75) is 69.9 Å². The summed E-state index contributed by atoms with van der Waals surface area (Å²) in [4.78, 5) is 43.7. The van der Waals surface area contributed by atoms with Crippen LogP contribution < -0.4 is 0 Å². The molecule has 31 heavy (non-hydrogen) atoms. The zero-order valence-electron chi connectivity index (χ0n) is 18.4. The molecule has 0 aromatic carbocycles. The number of nitrogens with zero attached hydrogens (tertiary/aromatic N) is 2. The van der Waals surface area contributed by atoms with Crippen LogP contribution in [-0.2, 0) is 23.9 Å². The summed E-state index contributed by atoms with van der Waals surface area (Å²) in [5.74, 6) is -2.74. The summed E-state index contributed by atoms with van der Waals surface area (Å²) in [6.07, 6.45) is 9.36. The lowest BCUT2D eigenvalue weighted by Crippen LogP contribution is -2.58. The van der Waals surface area contributed by atoms with Gasteiger partial charge in [-0.3, -0.25) is 14.4 Å². The molecule has 0 bridgehead atoms. The Labute approximate surface area is 182 Å². The normalized spacial score (nSPS) is 37.8. The van der Waals surface area contributed by atoms with Crippen LogP contribution in [0.5, 0.6) is 0 Å². The lowest BCUT2D eigenvalue weighted by molar-refractivity contribution is -0.156. The standard InChI is InChI=1S/C23H32N2O6/c1-14(2)24-11-8-10-23-18(20(27)25(15(3)13-26)19(23)21(24)28)17-16(31-23)9-6-4-5-7-12-30-22(17)29/h6,8-10,14-19,26H,4-5,7,11-13H2,1-3H3/b9-6-/t15-,16-,17+,18+,19?,23+/m1/s1. The fraction of sp³-hybridized carbons (Fsp3) is 0.696. The van der Waals surface area contributed by atoms with Crippen molar-refractivity contribution in [3.63, 3.8) is 0 Å². The SMILES string of the molecule is CC(C)N1CC=C[C@]23O[C@@H]4/C=C\CCCCOC(=O)[C@@H]4[C@H]2C(=O)N([C@H](C)CO)C3C1=O. The molecule has 8 heteroatoms. The highest BCUT2D eigenvalue weighted by molar-refractivity contribution is 5.99. The first-order valence-corrected chi connectivity index (χ1v) is 11.3. The minimum atomic E-state index is -1.27. The predicted molar refractivity (Wildman–Crippen MR) is 112 cm³/mol. The minimum Gasteiger partial charge on any atom is -0.465 e. The number of aliphatic hydroxyl groups excluding tert-OH is 1.